The van der Waals surface area contributed by atoms with Gasteiger partial charge in [-0.2, -0.15) is 0 Å². The van der Waals surface area contributed by atoms with E-state index in [0.717, 1.165) is 45.3 Å². The van der Waals surface area contributed by atoms with Gasteiger partial charge in [0.1, 0.15) is 0 Å². The van der Waals surface area contributed by atoms with E-state index in [1.54, 1.807) is 0 Å². The van der Waals surface area contributed by atoms with Crippen molar-refractivity contribution in [3.8, 4) is 0 Å². The average Bonchev–Trinajstić information content (AvgIpc) is 2.72. The summed E-state index contributed by atoms with van der Waals surface area (Å²) in [5, 5.41) is 6.14. The van der Waals surface area contributed by atoms with Crippen molar-refractivity contribution >= 4 is 11.8 Å². The van der Waals surface area contributed by atoms with Crippen molar-refractivity contribution in [1.82, 2.24) is 15.5 Å². The topological polar surface area (TPSA) is 61.4 Å². The van der Waals surface area contributed by atoms with Crippen molar-refractivity contribution < 1.29 is 9.59 Å². The van der Waals surface area contributed by atoms with E-state index in [1.165, 1.54) is 36.0 Å². The van der Waals surface area contributed by atoms with Crippen LogP contribution in [0.25, 0.3) is 0 Å². The minimum absolute atomic E-state index is 0.0251. The molecular weight excluding hydrogens is 350 g/mol. The number of nitrogens with zero attached hydrogens (tertiary/aromatic N) is 1. The number of hydrogen-bond donors (Lipinski definition) is 2. The third kappa shape index (κ3) is 5.57. The Labute approximate surface area is 169 Å². The number of benzene rings is 1. The summed E-state index contributed by atoms with van der Waals surface area (Å²) in [7, 11) is 0. The Hall–Kier alpha value is -1.88. The van der Waals surface area contributed by atoms with E-state index in [9.17, 15) is 9.59 Å². The number of rotatable bonds is 7. The Morgan fingerprint density at radius 1 is 1.14 bits per heavy atom. The third-order valence-electron chi connectivity index (χ3n) is 6.12. The van der Waals surface area contributed by atoms with Gasteiger partial charge in [0.15, 0.2) is 0 Å². The zero-order valence-electron chi connectivity index (χ0n) is 17.4. The Kier molecular flexibility index (Phi) is 7.49. The molecule has 2 aliphatic rings. The molecule has 1 fully saturated rings. The summed E-state index contributed by atoms with van der Waals surface area (Å²) in [5.41, 5.74) is 4.12. The largest absolute Gasteiger partial charge is 0.356 e. The van der Waals surface area contributed by atoms with Crippen molar-refractivity contribution in [2.75, 3.05) is 26.2 Å². The van der Waals surface area contributed by atoms with Crippen molar-refractivity contribution in [3.05, 3.63) is 34.9 Å². The lowest BCUT2D eigenvalue weighted by molar-refractivity contribution is -0.126. The molecule has 154 valence electrons. The summed E-state index contributed by atoms with van der Waals surface area (Å²) in [6.07, 6.45) is 7.53. The first-order valence-corrected chi connectivity index (χ1v) is 11.0. The van der Waals surface area contributed by atoms with E-state index in [2.05, 4.69) is 47.6 Å². The molecule has 0 radical (unpaired) electrons. The van der Waals surface area contributed by atoms with Crippen molar-refractivity contribution in [3.63, 3.8) is 0 Å². The van der Waals surface area contributed by atoms with Gasteiger partial charge in [-0.1, -0.05) is 25.1 Å². The minimum Gasteiger partial charge on any atom is -0.356 e. The predicted octanol–water partition coefficient (Wildman–Crippen LogP) is 2.98. The van der Waals surface area contributed by atoms with Crippen LogP contribution in [0.1, 0.15) is 68.7 Å². The van der Waals surface area contributed by atoms with E-state index < -0.39 is 0 Å². The number of piperidine rings is 1. The highest BCUT2D eigenvalue weighted by Gasteiger charge is 2.26. The highest BCUT2D eigenvalue weighted by atomic mass is 16.2. The summed E-state index contributed by atoms with van der Waals surface area (Å²) >= 11 is 0. The van der Waals surface area contributed by atoms with Gasteiger partial charge in [-0.25, -0.2) is 0 Å². The monoisotopic (exact) mass is 385 g/mol. The first kappa shape index (κ1) is 20.8. The smallest absolute Gasteiger partial charge is 0.234 e. The zero-order valence-corrected chi connectivity index (χ0v) is 17.4. The molecule has 1 heterocycles. The SMILES string of the molecule is CCCNC(=O)C1CCN(CC(=O)NC(C)c2ccc3c(c2)CCCC3)CC1. The van der Waals surface area contributed by atoms with Gasteiger partial charge in [0, 0.05) is 12.5 Å². The Bertz CT molecular complexity index is 680. The third-order valence-corrected chi connectivity index (χ3v) is 6.12. The van der Waals surface area contributed by atoms with Crippen molar-refractivity contribution in [2.45, 2.75) is 64.8 Å². The minimum atomic E-state index is 0.0251. The number of amides is 2. The summed E-state index contributed by atoms with van der Waals surface area (Å²) in [5.74, 6) is 0.339. The van der Waals surface area contributed by atoms with Crippen molar-refractivity contribution in [2.24, 2.45) is 5.92 Å². The summed E-state index contributed by atoms with van der Waals surface area (Å²) < 4.78 is 0. The first-order chi connectivity index (χ1) is 13.6. The normalized spacial score (nSPS) is 18.9. The van der Waals surface area contributed by atoms with Gasteiger partial charge in [0.25, 0.3) is 0 Å². The van der Waals surface area contributed by atoms with Gasteiger partial charge in [-0.3, -0.25) is 14.5 Å². The molecule has 1 aliphatic heterocycles. The summed E-state index contributed by atoms with van der Waals surface area (Å²) in [4.78, 5) is 26.8. The number of likely N-dealkylation sites (tertiary alicyclic amines) is 1. The van der Waals surface area contributed by atoms with Crippen LogP contribution in [-0.2, 0) is 22.4 Å². The maximum Gasteiger partial charge on any atom is 0.234 e. The fourth-order valence-electron chi connectivity index (χ4n) is 4.34. The highest BCUT2D eigenvalue weighted by molar-refractivity contribution is 5.79. The average molecular weight is 386 g/mol. The maximum atomic E-state index is 12.5. The van der Waals surface area contributed by atoms with E-state index in [1.807, 2.05) is 0 Å². The van der Waals surface area contributed by atoms with Crippen LogP contribution in [0.15, 0.2) is 18.2 Å². The van der Waals surface area contributed by atoms with Crippen LogP contribution >= 0.6 is 0 Å². The molecule has 1 aromatic carbocycles. The van der Waals surface area contributed by atoms with E-state index in [-0.39, 0.29) is 23.8 Å². The summed E-state index contributed by atoms with van der Waals surface area (Å²) in [6, 6.07) is 6.70. The maximum absolute atomic E-state index is 12.5. The molecule has 1 aliphatic carbocycles. The van der Waals surface area contributed by atoms with Crippen LogP contribution in [0.4, 0.5) is 0 Å². The second-order valence-electron chi connectivity index (χ2n) is 8.37. The van der Waals surface area contributed by atoms with Crippen LogP contribution < -0.4 is 10.6 Å². The molecule has 1 saturated heterocycles. The Morgan fingerprint density at radius 2 is 1.86 bits per heavy atom. The number of carbonyl (C=O) groups is 2. The molecule has 5 nitrogen and oxygen atoms in total. The molecule has 1 aromatic rings. The molecular formula is C23H35N3O2. The molecule has 0 spiro atoms. The van der Waals surface area contributed by atoms with E-state index in [0.29, 0.717) is 6.54 Å². The van der Waals surface area contributed by atoms with Gasteiger partial charge in [-0.05, 0) is 81.6 Å². The van der Waals surface area contributed by atoms with Crippen LogP contribution in [-0.4, -0.2) is 42.9 Å². The number of carbonyl (C=O) groups excluding carboxylic acids is 2. The zero-order chi connectivity index (χ0) is 19.9. The number of fused-ring (bicyclic) bond motifs is 1. The van der Waals surface area contributed by atoms with Crippen LogP contribution in [0, 0.1) is 5.92 Å². The van der Waals surface area contributed by atoms with Crippen LogP contribution in [0.5, 0.6) is 0 Å². The number of nitrogens with one attached hydrogen (secondary N) is 2. The fraction of sp³-hybridized carbons (Fsp3) is 0.652. The highest BCUT2D eigenvalue weighted by Crippen LogP contribution is 2.25. The number of aryl methyl sites for hydroxylation is 2. The second-order valence-corrected chi connectivity index (χ2v) is 8.37. The van der Waals surface area contributed by atoms with Gasteiger partial charge < -0.3 is 10.6 Å². The number of hydrogen-bond acceptors (Lipinski definition) is 3. The molecule has 2 N–H and O–H groups in total. The lowest BCUT2D eigenvalue weighted by atomic mass is 9.89. The van der Waals surface area contributed by atoms with Gasteiger partial charge >= 0.3 is 0 Å². The fourth-order valence-corrected chi connectivity index (χ4v) is 4.34. The second kappa shape index (κ2) is 10.1. The Balaban J connectivity index is 1.44. The van der Waals surface area contributed by atoms with E-state index >= 15 is 0 Å². The Morgan fingerprint density at radius 3 is 2.57 bits per heavy atom. The van der Waals surface area contributed by atoms with E-state index in [4.69, 9.17) is 0 Å². The van der Waals surface area contributed by atoms with Crippen LogP contribution in [0.2, 0.25) is 0 Å². The van der Waals surface area contributed by atoms with Gasteiger partial charge in [0.05, 0.1) is 12.6 Å². The molecule has 1 atom stereocenters. The molecule has 1 unspecified atom stereocenters. The molecule has 2 amide bonds. The molecule has 3 rings (SSSR count). The molecule has 28 heavy (non-hydrogen) atoms. The lowest BCUT2D eigenvalue weighted by Gasteiger charge is -2.31. The van der Waals surface area contributed by atoms with Crippen LogP contribution in [0.3, 0.4) is 0 Å². The summed E-state index contributed by atoms with van der Waals surface area (Å²) in [6.45, 7) is 6.91. The first-order valence-electron chi connectivity index (χ1n) is 11.0. The quantitative estimate of drug-likeness (QED) is 0.759. The van der Waals surface area contributed by atoms with Gasteiger partial charge in [-0.15, -0.1) is 0 Å². The molecule has 0 saturated carbocycles. The standard InChI is InChI=1S/C23H35N3O2/c1-3-12-24-23(28)19-10-13-26(14-11-19)16-22(27)25-17(2)20-9-8-18-6-4-5-7-21(18)15-20/h8-9,15,17,19H,3-7,10-14,16H2,1-2H3,(H,24,28)(H,25,27). The lowest BCUT2D eigenvalue weighted by Crippen LogP contribution is -2.44. The molecule has 0 bridgehead atoms. The molecule has 0 aromatic heterocycles. The van der Waals surface area contributed by atoms with Crippen molar-refractivity contribution in [1.29, 1.82) is 0 Å². The molecule has 5 heteroatoms. The predicted molar refractivity (Wildman–Crippen MR) is 112 cm³/mol. The van der Waals surface area contributed by atoms with Gasteiger partial charge in [0.2, 0.25) is 11.8 Å².